The molecule has 0 aliphatic rings. The van der Waals surface area contributed by atoms with Crippen LogP contribution in [0.2, 0.25) is 0 Å². The van der Waals surface area contributed by atoms with Crippen LogP contribution in [0.15, 0.2) is 0 Å². The summed E-state index contributed by atoms with van der Waals surface area (Å²) < 4.78 is 67.1. The average Bonchev–Trinajstić information content (AvgIpc) is 2.28. The molecule has 0 aliphatic heterocycles. The standard InChI is InChI=1S/2C5H12O4S2.Ba/c2*1-5(2)3-4-10-9-11(6,7)8;/h2*5H,3-4H2,1-2H3,(H,6,7,8);/q;;+2/p-2. The Balaban J connectivity index is -0.000000333. The van der Waals surface area contributed by atoms with E-state index in [0.29, 0.717) is 47.4 Å². The normalized spacial score (nSPS) is 11.8. The van der Waals surface area contributed by atoms with Crippen molar-refractivity contribution >= 4 is 93.8 Å². The van der Waals surface area contributed by atoms with E-state index in [1.54, 1.807) is 0 Å². The Kier molecular flexibility index (Phi) is 21.0. The van der Waals surface area contributed by atoms with Gasteiger partial charge in [-0.25, -0.2) is 24.1 Å². The molecule has 0 radical (unpaired) electrons. The maximum atomic E-state index is 9.88. The number of rotatable bonds is 10. The third-order valence-corrected chi connectivity index (χ3v) is 4.73. The van der Waals surface area contributed by atoms with Crippen LogP contribution in [0.25, 0.3) is 0 Å². The first kappa shape index (κ1) is 29.8. The van der Waals surface area contributed by atoms with Crippen molar-refractivity contribution in [2.24, 2.45) is 11.8 Å². The van der Waals surface area contributed by atoms with Crippen molar-refractivity contribution < 1.29 is 33.2 Å². The molecule has 0 aliphatic carbocycles. The van der Waals surface area contributed by atoms with Gasteiger partial charge in [0.25, 0.3) is 0 Å². The molecule has 0 aromatic rings. The van der Waals surface area contributed by atoms with E-state index >= 15 is 0 Å². The summed E-state index contributed by atoms with van der Waals surface area (Å²) in [5.74, 6) is 2.03. The van der Waals surface area contributed by atoms with Crippen LogP contribution in [0.5, 0.6) is 0 Å². The number of hydrogen-bond donors (Lipinski definition) is 0. The van der Waals surface area contributed by atoms with E-state index in [2.05, 4.69) is 7.26 Å². The van der Waals surface area contributed by atoms with Gasteiger partial charge in [-0.15, -0.1) is 0 Å². The molecule has 0 unspecified atom stereocenters. The molecular formula is C10H22BaO8S4. The van der Waals surface area contributed by atoms with Crippen LogP contribution in [0.3, 0.4) is 0 Å². The van der Waals surface area contributed by atoms with E-state index in [1.807, 2.05) is 27.7 Å². The van der Waals surface area contributed by atoms with E-state index in [0.717, 1.165) is 12.8 Å². The fraction of sp³-hybridized carbons (Fsp3) is 1.00. The summed E-state index contributed by atoms with van der Waals surface area (Å²) in [6.45, 7) is 8.02. The van der Waals surface area contributed by atoms with E-state index in [9.17, 15) is 25.9 Å². The maximum absolute atomic E-state index is 9.88. The Morgan fingerprint density at radius 1 is 0.783 bits per heavy atom. The molecule has 0 N–H and O–H groups in total. The van der Waals surface area contributed by atoms with Gasteiger partial charge in [-0.3, -0.25) is 0 Å². The van der Waals surface area contributed by atoms with Gasteiger partial charge >= 0.3 is 48.9 Å². The van der Waals surface area contributed by atoms with Crippen molar-refractivity contribution in [2.45, 2.75) is 40.5 Å². The van der Waals surface area contributed by atoms with Crippen molar-refractivity contribution in [3.8, 4) is 0 Å². The molecule has 0 amide bonds. The van der Waals surface area contributed by atoms with Gasteiger partial charge in [-0.2, -0.15) is 0 Å². The summed E-state index contributed by atoms with van der Waals surface area (Å²) in [6.07, 6.45) is 1.67. The molecule has 0 heterocycles. The molecule has 0 spiro atoms. The van der Waals surface area contributed by atoms with Gasteiger partial charge in [0.15, 0.2) is 0 Å². The minimum absolute atomic E-state index is 0. The van der Waals surface area contributed by atoms with Gasteiger partial charge in [0.05, 0.1) is 0 Å². The summed E-state index contributed by atoms with van der Waals surface area (Å²) >= 11 is 1.38. The monoisotopic (exact) mass is 536 g/mol. The summed E-state index contributed by atoms with van der Waals surface area (Å²) in [5, 5.41) is 0. The number of hydrogen-bond acceptors (Lipinski definition) is 10. The van der Waals surface area contributed by atoms with Gasteiger partial charge in [-0.1, -0.05) is 27.7 Å². The molecule has 8 nitrogen and oxygen atoms in total. The van der Waals surface area contributed by atoms with E-state index in [1.165, 1.54) is 0 Å². The maximum Gasteiger partial charge on any atom is 2.00 e. The zero-order valence-corrected chi connectivity index (χ0v) is 21.3. The van der Waals surface area contributed by atoms with Crippen molar-refractivity contribution in [3.05, 3.63) is 0 Å². The molecule has 0 saturated carbocycles. The van der Waals surface area contributed by atoms with Gasteiger partial charge in [0.1, 0.15) is 0 Å². The largest absolute Gasteiger partial charge is 2.00 e. The molecule has 0 atom stereocenters. The molecule has 0 saturated heterocycles. The average molecular weight is 536 g/mol. The third-order valence-electron chi connectivity index (χ3n) is 1.82. The van der Waals surface area contributed by atoms with Gasteiger partial charge in [0, 0.05) is 35.6 Å². The summed E-state index contributed by atoms with van der Waals surface area (Å²) in [4.78, 5) is 0. The first-order chi connectivity index (χ1) is 9.83. The first-order valence-corrected chi connectivity index (χ1v) is 10.9. The van der Waals surface area contributed by atoms with Crippen LogP contribution < -0.4 is 0 Å². The van der Waals surface area contributed by atoms with Crippen LogP contribution in [-0.4, -0.2) is 86.3 Å². The summed E-state index contributed by atoms with van der Waals surface area (Å²) in [6, 6.07) is 0. The van der Waals surface area contributed by atoms with Crippen LogP contribution in [0, 0.1) is 11.8 Å². The molecule has 0 aromatic heterocycles. The van der Waals surface area contributed by atoms with Crippen LogP contribution in [0.4, 0.5) is 0 Å². The van der Waals surface area contributed by atoms with Crippen molar-refractivity contribution in [3.63, 3.8) is 0 Å². The fourth-order valence-electron chi connectivity index (χ4n) is 0.754. The van der Waals surface area contributed by atoms with Crippen LogP contribution >= 0.6 is 24.1 Å². The Morgan fingerprint density at radius 3 is 1.22 bits per heavy atom. The Hall–Kier alpha value is 2.01. The topological polar surface area (TPSA) is 133 Å². The predicted octanol–water partition coefficient (Wildman–Crippen LogP) is 1.93. The Bertz CT molecular complexity index is 419. The third kappa shape index (κ3) is 35.9. The second-order valence-electron chi connectivity index (χ2n) is 4.96. The molecule has 0 aromatic carbocycles. The Morgan fingerprint density at radius 2 is 1.04 bits per heavy atom. The predicted molar refractivity (Wildman–Crippen MR) is 91.1 cm³/mol. The van der Waals surface area contributed by atoms with Crippen LogP contribution in [0.1, 0.15) is 40.5 Å². The van der Waals surface area contributed by atoms with Gasteiger partial charge in [-0.05, 0) is 24.7 Å². The summed E-state index contributed by atoms with van der Waals surface area (Å²) in [7, 11) is -9.02. The zero-order valence-electron chi connectivity index (χ0n) is 13.6. The fourth-order valence-corrected chi connectivity index (χ4v) is 3.38. The van der Waals surface area contributed by atoms with E-state index in [4.69, 9.17) is 0 Å². The first-order valence-electron chi connectivity index (χ1n) is 6.37. The molecule has 0 bridgehead atoms. The van der Waals surface area contributed by atoms with Gasteiger partial charge in [0.2, 0.25) is 20.8 Å². The SMILES string of the molecule is CC(C)CCSOS(=O)(=O)[O-].CC(C)CCSOS(=O)(=O)[O-].[Ba+2]. The van der Waals surface area contributed by atoms with Crippen molar-refractivity contribution in [2.75, 3.05) is 11.5 Å². The van der Waals surface area contributed by atoms with Crippen molar-refractivity contribution in [1.82, 2.24) is 0 Å². The van der Waals surface area contributed by atoms with E-state index < -0.39 is 20.8 Å². The molecule has 0 fully saturated rings. The Labute approximate surface area is 188 Å². The van der Waals surface area contributed by atoms with Crippen LogP contribution in [-0.2, 0) is 28.1 Å². The smallest absolute Gasteiger partial charge is 0.725 e. The molecule has 136 valence electrons. The quantitative estimate of drug-likeness (QED) is 0.134. The minimum atomic E-state index is -4.51. The molecular weight excluding hydrogens is 514 g/mol. The molecule has 0 rings (SSSR count). The minimum Gasteiger partial charge on any atom is -0.725 e. The second kappa shape index (κ2) is 16.2. The molecule has 23 heavy (non-hydrogen) atoms. The zero-order chi connectivity index (χ0) is 17.8. The van der Waals surface area contributed by atoms with Gasteiger partial charge < -0.3 is 9.11 Å². The van der Waals surface area contributed by atoms with Crippen molar-refractivity contribution in [1.29, 1.82) is 0 Å². The van der Waals surface area contributed by atoms with E-state index in [-0.39, 0.29) is 48.9 Å². The molecule has 13 heteroatoms. The summed E-state index contributed by atoms with van der Waals surface area (Å²) in [5.41, 5.74) is 0. The second-order valence-corrected chi connectivity index (χ2v) is 8.97.